The molecule has 7 nitrogen and oxygen atoms in total. The topological polar surface area (TPSA) is 54.8 Å². The molecule has 0 amide bonds. The van der Waals surface area contributed by atoms with Gasteiger partial charge in [-0.3, -0.25) is 9.58 Å². The standard InChI is InChI=1S/C24H27N5O2S/c1-18-2-4-19(5-3-18)15-29-16-21(13-25-29)26-24(32)28-10-8-27(9-11-28)14-20-6-7-22-23(12-20)31-17-30-22/h2-7,12-13,16H,8-11,14-15,17H2,1H3,(H,26,32). The summed E-state index contributed by atoms with van der Waals surface area (Å²) in [6.07, 6.45) is 3.83. The first-order valence-corrected chi connectivity index (χ1v) is 11.3. The monoisotopic (exact) mass is 449 g/mol. The van der Waals surface area contributed by atoms with E-state index in [0.29, 0.717) is 6.79 Å². The molecule has 2 aliphatic rings. The number of thiocarbonyl (C=S) groups is 1. The minimum Gasteiger partial charge on any atom is -0.454 e. The van der Waals surface area contributed by atoms with E-state index in [0.717, 1.165) is 61.6 Å². The van der Waals surface area contributed by atoms with Crippen molar-refractivity contribution in [1.82, 2.24) is 19.6 Å². The molecule has 0 bridgehead atoms. The van der Waals surface area contributed by atoms with Crippen LogP contribution >= 0.6 is 12.2 Å². The minimum atomic E-state index is 0.312. The number of benzene rings is 2. The van der Waals surface area contributed by atoms with Crippen molar-refractivity contribution in [3.05, 3.63) is 71.5 Å². The van der Waals surface area contributed by atoms with E-state index in [2.05, 4.69) is 63.5 Å². The van der Waals surface area contributed by atoms with Gasteiger partial charge in [0.1, 0.15) is 0 Å². The summed E-state index contributed by atoms with van der Waals surface area (Å²) in [6, 6.07) is 14.7. The van der Waals surface area contributed by atoms with Crippen LogP contribution in [0.2, 0.25) is 0 Å². The normalized spacial score (nSPS) is 15.7. The lowest BCUT2D eigenvalue weighted by atomic mass is 10.1. The molecule has 1 aromatic heterocycles. The number of aromatic nitrogens is 2. The highest BCUT2D eigenvalue weighted by molar-refractivity contribution is 7.80. The van der Waals surface area contributed by atoms with Crippen molar-refractivity contribution in [3.63, 3.8) is 0 Å². The highest BCUT2D eigenvalue weighted by Gasteiger charge is 2.20. The van der Waals surface area contributed by atoms with Crippen molar-refractivity contribution in [3.8, 4) is 11.5 Å². The zero-order valence-corrected chi connectivity index (χ0v) is 19.0. The molecule has 2 aliphatic heterocycles. The number of nitrogens with zero attached hydrogens (tertiary/aromatic N) is 4. The lowest BCUT2D eigenvalue weighted by Crippen LogP contribution is -2.49. The number of nitrogens with one attached hydrogen (secondary N) is 1. The molecule has 0 unspecified atom stereocenters. The highest BCUT2D eigenvalue weighted by atomic mass is 32.1. The number of ether oxygens (including phenoxy) is 2. The summed E-state index contributed by atoms with van der Waals surface area (Å²) in [5.74, 6) is 1.67. The number of anilines is 1. The predicted molar refractivity (Wildman–Crippen MR) is 128 cm³/mol. The Bertz CT molecular complexity index is 1090. The fourth-order valence-electron chi connectivity index (χ4n) is 4.00. The number of fused-ring (bicyclic) bond motifs is 1. The Hall–Kier alpha value is -3.10. The Morgan fingerprint density at radius 2 is 1.72 bits per heavy atom. The number of piperazine rings is 1. The van der Waals surface area contributed by atoms with Crippen LogP contribution in [-0.4, -0.2) is 57.7 Å². The zero-order chi connectivity index (χ0) is 21.9. The predicted octanol–water partition coefficient (Wildman–Crippen LogP) is 3.48. The maximum Gasteiger partial charge on any atom is 0.231 e. The average molecular weight is 450 g/mol. The molecule has 1 N–H and O–H groups in total. The summed E-state index contributed by atoms with van der Waals surface area (Å²) in [5, 5.41) is 8.56. The molecule has 0 aliphatic carbocycles. The van der Waals surface area contributed by atoms with Gasteiger partial charge in [0.25, 0.3) is 0 Å². The molecule has 3 heterocycles. The Balaban J connectivity index is 1.10. The quantitative estimate of drug-likeness (QED) is 0.599. The van der Waals surface area contributed by atoms with Crippen molar-refractivity contribution in [2.45, 2.75) is 20.0 Å². The van der Waals surface area contributed by atoms with Gasteiger partial charge in [-0.1, -0.05) is 35.9 Å². The molecule has 0 saturated carbocycles. The second-order valence-corrected chi connectivity index (χ2v) is 8.68. The van der Waals surface area contributed by atoms with Gasteiger partial charge in [0, 0.05) is 38.9 Å². The summed E-state index contributed by atoms with van der Waals surface area (Å²) in [4.78, 5) is 4.67. The van der Waals surface area contributed by atoms with Gasteiger partial charge in [-0.05, 0) is 42.4 Å². The molecule has 166 valence electrons. The highest BCUT2D eigenvalue weighted by Crippen LogP contribution is 2.32. The van der Waals surface area contributed by atoms with E-state index in [1.165, 1.54) is 16.7 Å². The molecule has 0 spiro atoms. The lowest BCUT2D eigenvalue weighted by molar-refractivity contribution is 0.173. The molecule has 0 radical (unpaired) electrons. The lowest BCUT2D eigenvalue weighted by Gasteiger charge is -2.36. The summed E-state index contributed by atoms with van der Waals surface area (Å²) < 4.78 is 12.8. The number of hydrogen-bond acceptors (Lipinski definition) is 5. The van der Waals surface area contributed by atoms with Crippen molar-refractivity contribution < 1.29 is 9.47 Å². The smallest absolute Gasteiger partial charge is 0.231 e. The van der Waals surface area contributed by atoms with Gasteiger partial charge in [-0.2, -0.15) is 5.10 Å². The van der Waals surface area contributed by atoms with Crippen molar-refractivity contribution >= 4 is 23.0 Å². The fraction of sp³-hybridized carbons (Fsp3) is 0.333. The van der Waals surface area contributed by atoms with E-state index < -0.39 is 0 Å². The van der Waals surface area contributed by atoms with Gasteiger partial charge in [-0.15, -0.1) is 0 Å². The van der Waals surface area contributed by atoms with Crippen molar-refractivity contribution in [1.29, 1.82) is 0 Å². The molecule has 2 aromatic carbocycles. The van der Waals surface area contributed by atoms with Crippen LogP contribution in [0.4, 0.5) is 5.69 Å². The van der Waals surface area contributed by atoms with Crippen LogP contribution < -0.4 is 14.8 Å². The third-order valence-electron chi connectivity index (χ3n) is 5.85. The first kappa shape index (κ1) is 20.8. The fourth-order valence-corrected chi connectivity index (χ4v) is 4.30. The molecule has 32 heavy (non-hydrogen) atoms. The molecule has 1 fully saturated rings. The minimum absolute atomic E-state index is 0.312. The summed E-state index contributed by atoms with van der Waals surface area (Å²) in [5.41, 5.74) is 4.65. The van der Waals surface area contributed by atoms with Crippen LogP contribution in [0.1, 0.15) is 16.7 Å². The van der Waals surface area contributed by atoms with E-state index >= 15 is 0 Å². The van der Waals surface area contributed by atoms with E-state index in [-0.39, 0.29) is 0 Å². The summed E-state index contributed by atoms with van der Waals surface area (Å²) in [7, 11) is 0. The van der Waals surface area contributed by atoms with Gasteiger partial charge >= 0.3 is 0 Å². The number of hydrogen-bond donors (Lipinski definition) is 1. The van der Waals surface area contributed by atoms with Crippen LogP contribution in [0.5, 0.6) is 11.5 Å². The first-order valence-electron chi connectivity index (χ1n) is 10.9. The maximum atomic E-state index is 5.66. The second-order valence-electron chi connectivity index (χ2n) is 8.29. The molecule has 3 aromatic rings. The molecule has 0 atom stereocenters. The molecular formula is C24H27N5O2S. The van der Waals surface area contributed by atoms with Crippen LogP contribution in [0, 0.1) is 6.92 Å². The molecule has 1 saturated heterocycles. The van der Waals surface area contributed by atoms with Crippen LogP contribution in [-0.2, 0) is 13.1 Å². The summed E-state index contributed by atoms with van der Waals surface area (Å²) in [6.45, 7) is 7.77. The average Bonchev–Trinajstić information content (AvgIpc) is 3.45. The molecule has 5 rings (SSSR count). The zero-order valence-electron chi connectivity index (χ0n) is 18.2. The Morgan fingerprint density at radius 1 is 0.969 bits per heavy atom. The number of rotatable bonds is 5. The SMILES string of the molecule is Cc1ccc(Cn2cc(NC(=S)N3CCN(Cc4ccc5c(c4)OCO5)CC3)cn2)cc1. The van der Waals surface area contributed by atoms with E-state index in [1.54, 1.807) is 0 Å². The number of aryl methyl sites for hydroxylation is 1. The largest absolute Gasteiger partial charge is 0.454 e. The second kappa shape index (κ2) is 9.18. The van der Waals surface area contributed by atoms with Gasteiger partial charge in [0.2, 0.25) is 6.79 Å². The van der Waals surface area contributed by atoms with Crippen LogP contribution in [0.15, 0.2) is 54.9 Å². The first-order chi connectivity index (χ1) is 15.6. The Kier molecular flexibility index (Phi) is 5.96. The van der Waals surface area contributed by atoms with Crippen LogP contribution in [0.25, 0.3) is 0 Å². The summed E-state index contributed by atoms with van der Waals surface area (Å²) >= 11 is 5.66. The van der Waals surface area contributed by atoms with Crippen molar-refractivity contribution in [2.24, 2.45) is 0 Å². The molecule has 8 heteroatoms. The third kappa shape index (κ3) is 4.87. The van der Waals surface area contributed by atoms with Crippen molar-refractivity contribution in [2.75, 3.05) is 38.3 Å². The Morgan fingerprint density at radius 3 is 2.53 bits per heavy atom. The molecular weight excluding hydrogens is 422 g/mol. The van der Waals surface area contributed by atoms with Gasteiger partial charge in [0.15, 0.2) is 16.6 Å². The van der Waals surface area contributed by atoms with Gasteiger partial charge < -0.3 is 19.7 Å². The third-order valence-corrected chi connectivity index (χ3v) is 6.21. The van der Waals surface area contributed by atoms with E-state index in [1.807, 2.05) is 23.1 Å². The van der Waals surface area contributed by atoms with E-state index in [4.69, 9.17) is 21.7 Å². The van der Waals surface area contributed by atoms with Gasteiger partial charge in [-0.25, -0.2) is 0 Å². The van der Waals surface area contributed by atoms with Crippen LogP contribution in [0.3, 0.4) is 0 Å². The maximum absolute atomic E-state index is 5.66. The van der Waals surface area contributed by atoms with E-state index in [9.17, 15) is 0 Å². The van der Waals surface area contributed by atoms with Gasteiger partial charge in [0.05, 0.1) is 18.4 Å². The Labute approximate surface area is 193 Å².